The molecule has 23 heavy (non-hydrogen) atoms. The van der Waals surface area contributed by atoms with Crippen LogP contribution in [0.1, 0.15) is 39.0 Å². The molecule has 1 aromatic carbocycles. The first-order valence-electron chi connectivity index (χ1n) is 7.87. The van der Waals surface area contributed by atoms with E-state index in [1.165, 1.54) is 0 Å². The normalized spacial score (nSPS) is 11.5. The fraction of sp³-hybridized carbons (Fsp3) is 0.444. The molecule has 0 aliphatic heterocycles. The number of ether oxygens (including phenoxy) is 1. The lowest BCUT2D eigenvalue weighted by molar-refractivity contribution is -0.120. The maximum Gasteiger partial charge on any atom is 0.251 e. The van der Waals surface area contributed by atoms with Crippen LogP contribution in [-0.4, -0.2) is 28.9 Å². The molecule has 0 fully saturated rings. The fourth-order valence-electron chi connectivity index (χ4n) is 2.20. The zero-order valence-corrected chi connectivity index (χ0v) is 14.5. The van der Waals surface area contributed by atoms with Crippen molar-refractivity contribution in [2.24, 2.45) is 0 Å². The molecule has 1 N–H and O–H groups in total. The van der Waals surface area contributed by atoms with Crippen LogP contribution < -0.4 is 5.32 Å². The summed E-state index contributed by atoms with van der Waals surface area (Å²) in [7, 11) is 0. The summed E-state index contributed by atoms with van der Waals surface area (Å²) < 4.78 is 6.96. The quantitative estimate of drug-likeness (QED) is 0.919. The molecule has 5 nitrogen and oxygen atoms in total. The van der Waals surface area contributed by atoms with Crippen LogP contribution in [0.4, 0.5) is 5.82 Å². The van der Waals surface area contributed by atoms with Crippen LogP contribution >= 0.6 is 0 Å². The van der Waals surface area contributed by atoms with Gasteiger partial charge in [0.1, 0.15) is 12.4 Å². The Morgan fingerprint density at radius 2 is 2.00 bits per heavy atom. The summed E-state index contributed by atoms with van der Waals surface area (Å²) in [5, 5.41) is 7.61. The first kappa shape index (κ1) is 17.2. The van der Waals surface area contributed by atoms with E-state index in [1.807, 2.05) is 44.2 Å². The van der Waals surface area contributed by atoms with Crippen molar-refractivity contribution in [2.45, 2.75) is 40.0 Å². The average Bonchev–Trinajstić information content (AvgIpc) is 2.89. The van der Waals surface area contributed by atoms with Gasteiger partial charge >= 0.3 is 0 Å². The van der Waals surface area contributed by atoms with Crippen LogP contribution in [0, 0.1) is 6.92 Å². The van der Waals surface area contributed by atoms with Gasteiger partial charge in [-0.1, -0.05) is 39.0 Å². The molecule has 0 aliphatic carbocycles. The van der Waals surface area contributed by atoms with Gasteiger partial charge in [0, 0.05) is 18.1 Å². The molecule has 1 aromatic heterocycles. The monoisotopic (exact) mass is 315 g/mol. The lowest BCUT2D eigenvalue weighted by Gasteiger charge is -2.14. The zero-order valence-electron chi connectivity index (χ0n) is 14.5. The fourth-order valence-corrected chi connectivity index (χ4v) is 2.20. The number of para-hydroxylation sites is 1. The third-order valence-corrected chi connectivity index (χ3v) is 3.53. The van der Waals surface area contributed by atoms with Crippen molar-refractivity contribution >= 4 is 11.7 Å². The standard InChI is InChI=1S/C18H25N3O2/c1-6-23-12-17(22)19-16-11-15(18(3,4)5)20-21(16)14-10-8-7-9-13(14)2/h7-11H,6,12H2,1-5H3,(H,19,22). The lowest BCUT2D eigenvalue weighted by atomic mass is 9.92. The predicted molar refractivity (Wildman–Crippen MR) is 92.1 cm³/mol. The summed E-state index contributed by atoms with van der Waals surface area (Å²) in [5.41, 5.74) is 2.87. The molecule has 0 atom stereocenters. The van der Waals surface area contributed by atoms with E-state index in [2.05, 4.69) is 26.1 Å². The van der Waals surface area contributed by atoms with Crippen LogP contribution in [0.5, 0.6) is 0 Å². The highest BCUT2D eigenvalue weighted by Gasteiger charge is 2.21. The first-order chi connectivity index (χ1) is 10.8. The van der Waals surface area contributed by atoms with Gasteiger partial charge in [0.25, 0.3) is 5.91 Å². The number of aryl methyl sites for hydroxylation is 1. The molecule has 1 heterocycles. The van der Waals surface area contributed by atoms with Gasteiger partial charge in [-0.25, -0.2) is 4.68 Å². The second-order valence-corrected chi connectivity index (χ2v) is 6.55. The number of carbonyl (C=O) groups is 1. The maximum absolute atomic E-state index is 12.0. The third-order valence-electron chi connectivity index (χ3n) is 3.53. The minimum absolute atomic E-state index is 0.0420. The minimum atomic E-state index is -0.179. The summed E-state index contributed by atoms with van der Waals surface area (Å²) >= 11 is 0. The van der Waals surface area contributed by atoms with Crippen molar-refractivity contribution in [3.05, 3.63) is 41.6 Å². The number of nitrogens with one attached hydrogen (secondary N) is 1. The minimum Gasteiger partial charge on any atom is -0.372 e. The van der Waals surface area contributed by atoms with Gasteiger partial charge in [-0.15, -0.1) is 0 Å². The van der Waals surface area contributed by atoms with Gasteiger partial charge in [0.05, 0.1) is 11.4 Å². The van der Waals surface area contributed by atoms with Gasteiger partial charge in [-0.3, -0.25) is 4.79 Å². The van der Waals surface area contributed by atoms with E-state index in [0.717, 1.165) is 16.9 Å². The Balaban J connectivity index is 2.41. The Morgan fingerprint density at radius 3 is 2.61 bits per heavy atom. The molecule has 2 rings (SSSR count). The van der Waals surface area contributed by atoms with Crippen LogP contribution in [0.3, 0.4) is 0 Å². The van der Waals surface area contributed by atoms with Crippen molar-refractivity contribution in [3.8, 4) is 5.69 Å². The third kappa shape index (κ3) is 4.20. The van der Waals surface area contributed by atoms with E-state index < -0.39 is 0 Å². The molecule has 124 valence electrons. The van der Waals surface area contributed by atoms with Crippen molar-refractivity contribution in [3.63, 3.8) is 0 Å². The van der Waals surface area contributed by atoms with Crippen LogP contribution in [0.2, 0.25) is 0 Å². The summed E-state index contributed by atoms with van der Waals surface area (Å²) in [4.78, 5) is 12.0. The largest absolute Gasteiger partial charge is 0.372 e. The molecule has 0 spiro atoms. The Hall–Kier alpha value is -2.14. The van der Waals surface area contributed by atoms with E-state index in [-0.39, 0.29) is 17.9 Å². The van der Waals surface area contributed by atoms with E-state index in [0.29, 0.717) is 12.4 Å². The predicted octanol–water partition coefficient (Wildman–Crippen LogP) is 3.45. The number of aromatic nitrogens is 2. The number of rotatable bonds is 5. The number of hydrogen-bond acceptors (Lipinski definition) is 3. The van der Waals surface area contributed by atoms with Gasteiger partial charge < -0.3 is 10.1 Å². The number of carbonyl (C=O) groups excluding carboxylic acids is 1. The lowest BCUT2D eigenvalue weighted by Crippen LogP contribution is -2.20. The first-order valence-corrected chi connectivity index (χ1v) is 7.87. The van der Waals surface area contributed by atoms with E-state index in [1.54, 1.807) is 4.68 Å². The molecule has 0 saturated heterocycles. The summed E-state index contributed by atoms with van der Waals surface area (Å²) in [6, 6.07) is 9.90. The highest BCUT2D eigenvalue weighted by Crippen LogP contribution is 2.27. The number of benzene rings is 1. The Labute approximate surface area is 137 Å². The van der Waals surface area contributed by atoms with Gasteiger partial charge in [-0.05, 0) is 25.5 Å². The second kappa shape index (κ2) is 6.96. The van der Waals surface area contributed by atoms with Crippen molar-refractivity contribution in [1.29, 1.82) is 0 Å². The highest BCUT2D eigenvalue weighted by molar-refractivity contribution is 5.91. The van der Waals surface area contributed by atoms with Crippen molar-refractivity contribution in [1.82, 2.24) is 9.78 Å². The topological polar surface area (TPSA) is 56.1 Å². The van der Waals surface area contributed by atoms with Crippen molar-refractivity contribution in [2.75, 3.05) is 18.5 Å². The van der Waals surface area contributed by atoms with E-state index in [9.17, 15) is 4.79 Å². The molecular formula is C18H25N3O2. The van der Waals surface area contributed by atoms with Crippen LogP contribution in [-0.2, 0) is 14.9 Å². The SMILES string of the molecule is CCOCC(=O)Nc1cc(C(C)(C)C)nn1-c1ccccc1C. The number of hydrogen-bond donors (Lipinski definition) is 1. The molecular weight excluding hydrogens is 290 g/mol. The number of nitrogens with zero attached hydrogens (tertiary/aromatic N) is 2. The molecule has 0 saturated carbocycles. The van der Waals surface area contributed by atoms with Crippen LogP contribution in [0.15, 0.2) is 30.3 Å². The van der Waals surface area contributed by atoms with Crippen LogP contribution in [0.25, 0.3) is 5.69 Å². The Kier molecular flexibility index (Phi) is 5.21. The second-order valence-electron chi connectivity index (χ2n) is 6.55. The van der Waals surface area contributed by atoms with E-state index >= 15 is 0 Å². The Bertz CT molecular complexity index is 684. The molecule has 0 bridgehead atoms. The van der Waals surface area contributed by atoms with Gasteiger partial charge in [0.15, 0.2) is 0 Å². The molecule has 5 heteroatoms. The number of anilines is 1. The molecule has 0 aliphatic rings. The number of amides is 1. The summed E-state index contributed by atoms with van der Waals surface area (Å²) in [6.45, 7) is 10.7. The van der Waals surface area contributed by atoms with E-state index in [4.69, 9.17) is 9.84 Å². The maximum atomic E-state index is 12.0. The van der Waals surface area contributed by atoms with Gasteiger partial charge in [0.2, 0.25) is 0 Å². The molecule has 1 amide bonds. The van der Waals surface area contributed by atoms with Gasteiger partial charge in [-0.2, -0.15) is 5.10 Å². The highest BCUT2D eigenvalue weighted by atomic mass is 16.5. The molecule has 0 radical (unpaired) electrons. The zero-order chi connectivity index (χ0) is 17.0. The summed E-state index contributed by atoms with van der Waals surface area (Å²) in [5.74, 6) is 0.482. The Morgan fingerprint density at radius 1 is 1.30 bits per heavy atom. The summed E-state index contributed by atoms with van der Waals surface area (Å²) in [6.07, 6.45) is 0. The molecule has 2 aromatic rings. The smallest absolute Gasteiger partial charge is 0.251 e. The van der Waals surface area contributed by atoms with Crippen molar-refractivity contribution < 1.29 is 9.53 Å². The molecule has 0 unspecified atom stereocenters. The average molecular weight is 315 g/mol.